The number of H-pyrrole nitrogens is 1. The van der Waals surface area contributed by atoms with Crippen LogP contribution in [0.15, 0.2) is 0 Å². The SMILES string of the molecule is CCN(C(=O)c1n[nH]c2c1CNCC2)C1CC1.Cl. The third kappa shape index (κ3) is 2.24. The Hall–Kier alpha value is -1.07. The summed E-state index contributed by atoms with van der Waals surface area (Å²) in [5, 5.41) is 10.5. The molecule has 18 heavy (non-hydrogen) atoms. The molecule has 0 spiro atoms. The zero-order chi connectivity index (χ0) is 11.8. The molecule has 0 atom stereocenters. The number of aromatic amines is 1. The average molecular weight is 271 g/mol. The lowest BCUT2D eigenvalue weighted by Crippen LogP contribution is -2.34. The summed E-state index contributed by atoms with van der Waals surface area (Å²) in [5.41, 5.74) is 2.82. The smallest absolute Gasteiger partial charge is 0.274 e. The van der Waals surface area contributed by atoms with Crippen molar-refractivity contribution in [3.8, 4) is 0 Å². The Morgan fingerprint density at radius 3 is 2.94 bits per heavy atom. The molecule has 1 aromatic rings. The number of carbonyl (C=O) groups excluding carboxylic acids is 1. The molecule has 1 fully saturated rings. The van der Waals surface area contributed by atoms with Crippen LogP contribution in [0, 0.1) is 0 Å². The third-order valence-corrected chi connectivity index (χ3v) is 3.60. The van der Waals surface area contributed by atoms with Crippen molar-refractivity contribution in [3.63, 3.8) is 0 Å². The normalized spacial score (nSPS) is 17.8. The second-order valence-corrected chi connectivity index (χ2v) is 4.78. The minimum absolute atomic E-state index is 0. The molecule has 1 amide bonds. The molecule has 1 aliphatic carbocycles. The first-order chi connectivity index (χ1) is 8.31. The second-order valence-electron chi connectivity index (χ2n) is 4.78. The molecule has 0 bridgehead atoms. The highest BCUT2D eigenvalue weighted by Crippen LogP contribution is 2.28. The van der Waals surface area contributed by atoms with Crippen LogP contribution in [0.25, 0.3) is 0 Å². The van der Waals surface area contributed by atoms with E-state index < -0.39 is 0 Å². The fraction of sp³-hybridized carbons (Fsp3) is 0.667. The molecule has 2 N–H and O–H groups in total. The standard InChI is InChI=1S/C12H18N4O.ClH/c1-2-16(8-3-4-8)12(17)11-9-7-13-6-5-10(9)14-15-11;/h8,13H,2-7H2,1H3,(H,14,15);1H. The van der Waals surface area contributed by atoms with E-state index in [1.54, 1.807) is 0 Å². The summed E-state index contributed by atoms with van der Waals surface area (Å²) < 4.78 is 0. The third-order valence-electron chi connectivity index (χ3n) is 3.60. The van der Waals surface area contributed by atoms with Gasteiger partial charge in [-0.15, -0.1) is 12.4 Å². The predicted molar refractivity (Wildman–Crippen MR) is 71.0 cm³/mol. The number of amides is 1. The van der Waals surface area contributed by atoms with Crippen molar-refractivity contribution >= 4 is 18.3 Å². The van der Waals surface area contributed by atoms with Gasteiger partial charge in [0.1, 0.15) is 0 Å². The number of fused-ring (bicyclic) bond motifs is 1. The van der Waals surface area contributed by atoms with Crippen LogP contribution in [-0.2, 0) is 13.0 Å². The fourth-order valence-electron chi connectivity index (χ4n) is 2.49. The number of carbonyl (C=O) groups is 1. The van der Waals surface area contributed by atoms with Crippen molar-refractivity contribution in [2.45, 2.75) is 38.8 Å². The van der Waals surface area contributed by atoms with Gasteiger partial charge in [0.2, 0.25) is 0 Å². The largest absolute Gasteiger partial charge is 0.335 e. The maximum Gasteiger partial charge on any atom is 0.274 e. The monoisotopic (exact) mass is 270 g/mol. The zero-order valence-electron chi connectivity index (χ0n) is 10.5. The van der Waals surface area contributed by atoms with Crippen LogP contribution < -0.4 is 5.32 Å². The topological polar surface area (TPSA) is 61.0 Å². The minimum atomic E-state index is 0. The molecule has 0 saturated heterocycles. The number of nitrogens with zero attached hydrogens (tertiary/aromatic N) is 2. The first-order valence-corrected chi connectivity index (χ1v) is 6.39. The second kappa shape index (κ2) is 5.28. The van der Waals surface area contributed by atoms with Gasteiger partial charge in [-0.1, -0.05) is 0 Å². The van der Waals surface area contributed by atoms with Crippen molar-refractivity contribution in [2.75, 3.05) is 13.1 Å². The summed E-state index contributed by atoms with van der Waals surface area (Å²) in [6.07, 6.45) is 3.22. The first kappa shape index (κ1) is 13.4. The van der Waals surface area contributed by atoms with Gasteiger partial charge in [0.15, 0.2) is 5.69 Å². The van der Waals surface area contributed by atoms with Gasteiger partial charge in [0.05, 0.1) is 0 Å². The summed E-state index contributed by atoms with van der Waals surface area (Å²) in [6.45, 7) is 4.53. The molecule has 0 aromatic carbocycles. The summed E-state index contributed by atoms with van der Waals surface area (Å²) in [5.74, 6) is 0.0937. The van der Waals surface area contributed by atoms with Crippen molar-refractivity contribution in [2.24, 2.45) is 0 Å². The summed E-state index contributed by atoms with van der Waals surface area (Å²) >= 11 is 0. The van der Waals surface area contributed by atoms with Crippen LogP contribution in [0.3, 0.4) is 0 Å². The summed E-state index contributed by atoms with van der Waals surface area (Å²) in [7, 11) is 0. The van der Waals surface area contributed by atoms with E-state index in [9.17, 15) is 4.79 Å². The van der Waals surface area contributed by atoms with E-state index in [0.717, 1.165) is 50.2 Å². The summed E-state index contributed by atoms with van der Waals surface area (Å²) in [6, 6.07) is 0.455. The van der Waals surface area contributed by atoms with Gasteiger partial charge < -0.3 is 10.2 Å². The van der Waals surface area contributed by atoms with E-state index in [4.69, 9.17) is 0 Å². The number of rotatable bonds is 3. The van der Waals surface area contributed by atoms with E-state index in [-0.39, 0.29) is 18.3 Å². The van der Waals surface area contributed by atoms with Crippen LogP contribution >= 0.6 is 12.4 Å². The van der Waals surface area contributed by atoms with Crippen molar-refractivity contribution in [1.82, 2.24) is 20.4 Å². The zero-order valence-corrected chi connectivity index (χ0v) is 11.3. The van der Waals surface area contributed by atoms with Gasteiger partial charge >= 0.3 is 0 Å². The van der Waals surface area contributed by atoms with E-state index in [1.807, 2.05) is 11.8 Å². The lowest BCUT2D eigenvalue weighted by Gasteiger charge is -2.20. The van der Waals surface area contributed by atoms with Gasteiger partial charge in [-0.05, 0) is 19.8 Å². The molecular weight excluding hydrogens is 252 g/mol. The predicted octanol–water partition coefficient (Wildman–Crippen LogP) is 1.10. The Morgan fingerprint density at radius 2 is 2.28 bits per heavy atom. The quantitative estimate of drug-likeness (QED) is 0.865. The van der Waals surface area contributed by atoms with Gasteiger partial charge in [-0.2, -0.15) is 5.10 Å². The molecule has 1 saturated carbocycles. The molecule has 1 aromatic heterocycles. The molecule has 0 radical (unpaired) electrons. The maximum atomic E-state index is 12.4. The van der Waals surface area contributed by atoms with Crippen molar-refractivity contribution in [1.29, 1.82) is 0 Å². The number of nitrogens with one attached hydrogen (secondary N) is 2. The lowest BCUT2D eigenvalue weighted by atomic mass is 10.1. The van der Waals surface area contributed by atoms with Crippen LogP contribution in [0.1, 0.15) is 41.5 Å². The fourth-order valence-corrected chi connectivity index (χ4v) is 2.49. The number of hydrogen-bond donors (Lipinski definition) is 2. The van der Waals surface area contributed by atoms with Crippen LogP contribution in [-0.4, -0.2) is 40.1 Å². The first-order valence-electron chi connectivity index (χ1n) is 6.39. The van der Waals surface area contributed by atoms with E-state index in [1.165, 1.54) is 0 Å². The highest BCUT2D eigenvalue weighted by Gasteiger charge is 2.34. The summed E-state index contributed by atoms with van der Waals surface area (Å²) in [4.78, 5) is 14.4. The number of aromatic nitrogens is 2. The van der Waals surface area contributed by atoms with Gasteiger partial charge in [0, 0.05) is 43.4 Å². The number of halogens is 1. The van der Waals surface area contributed by atoms with E-state index >= 15 is 0 Å². The molecule has 2 heterocycles. The maximum absolute atomic E-state index is 12.4. The molecule has 3 rings (SSSR count). The molecule has 0 unspecified atom stereocenters. The average Bonchev–Trinajstić information content (AvgIpc) is 3.09. The molecule has 5 nitrogen and oxygen atoms in total. The number of hydrogen-bond acceptors (Lipinski definition) is 3. The highest BCUT2D eigenvalue weighted by atomic mass is 35.5. The van der Waals surface area contributed by atoms with Crippen molar-refractivity contribution < 1.29 is 4.79 Å². The van der Waals surface area contributed by atoms with E-state index in [0.29, 0.717) is 11.7 Å². The van der Waals surface area contributed by atoms with Gasteiger partial charge in [-0.25, -0.2) is 0 Å². The van der Waals surface area contributed by atoms with Crippen LogP contribution in [0.4, 0.5) is 0 Å². The Labute approximate surface area is 113 Å². The Morgan fingerprint density at radius 1 is 1.50 bits per heavy atom. The van der Waals surface area contributed by atoms with Gasteiger partial charge in [0.25, 0.3) is 5.91 Å². The minimum Gasteiger partial charge on any atom is -0.335 e. The van der Waals surface area contributed by atoms with Gasteiger partial charge in [-0.3, -0.25) is 9.89 Å². The Bertz CT molecular complexity index is 441. The molecule has 2 aliphatic rings. The molecule has 100 valence electrons. The Kier molecular flexibility index (Phi) is 3.92. The Balaban J connectivity index is 0.00000120. The van der Waals surface area contributed by atoms with Crippen LogP contribution in [0.5, 0.6) is 0 Å². The highest BCUT2D eigenvalue weighted by molar-refractivity contribution is 5.94. The lowest BCUT2D eigenvalue weighted by molar-refractivity contribution is 0.0745. The molecule has 1 aliphatic heterocycles. The molecule has 6 heteroatoms. The van der Waals surface area contributed by atoms with Crippen LogP contribution in [0.2, 0.25) is 0 Å². The molecular formula is C12H19ClN4O. The van der Waals surface area contributed by atoms with E-state index in [2.05, 4.69) is 15.5 Å². The van der Waals surface area contributed by atoms with Crippen molar-refractivity contribution in [3.05, 3.63) is 17.0 Å².